The van der Waals surface area contributed by atoms with Gasteiger partial charge in [-0.1, -0.05) is 42.5 Å². The van der Waals surface area contributed by atoms with Gasteiger partial charge in [-0.2, -0.15) is 0 Å². The standard InChI is InChI=1S/C22H21NO4/c1-27-19-12-6-5-11-17(19)21(25)22(26)18(16-9-3-2-4-10-16)15-20(24)23-13-7-8-14-23/h2-14,18,22,26H,15H2,1H3/t18-,22-/m1/s1. The second-order valence-electron chi connectivity index (χ2n) is 6.21. The number of rotatable bonds is 7. The summed E-state index contributed by atoms with van der Waals surface area (Å²) in [6.45, 7) is 0. The number of aliphatic hydroxyl groups excluding tert-OH is 1. The first-order chi connectivity index (χ1) is 13.1. The number of hydrogen-bond acceptors (Lipinski definition) is 4. The molecule has 1 aromatic heterocycles. The third-order valence-electron chi connectivity index (χ3n) is 4.54. The molecule has 0 spiro atoms. The van der Waals surface area contributed by atoms with Gasteiger partial charge in [0, 0.05) is 24.7 Å². The van der Waals surface area contributed by atoms with Gasteiger partial charge in [-0.05, 0) is 29.8 Å². The summed E-state index contributed by atoms with van der Waals surface area (Å²) in [4.78, 5) is 25.6. The molecule has 5 nitrogen and oxygen atoms in total. The van der Waals surface area contributed by atoms with Crippen molar-refractivity contribution in [1.29, 1.82) is 0 Å². The number of aliphatic hydroxyl groups is 1. The average Bonchev–Trinajstić information content (AvgIpc) is 3.26. The van der Waals surface area contributed by atoms with Gasteiger partial charge >= 0.3 is 0 Å². The number of nitrogens with zero attached hydrogens (tertiary/aromatic N) is 1. The monoisotopic (exact) mass is 363 g/mol. The minimum atomic E-state index is -1.37. The number of ketones is 1. The van der Waals surface area contributed by atoms with E-state index in [1.807, 2.05) is 30.3 Å². The summed E-state index contributed by atoms with van der Waals surface area (Å²) < 4.78 is 6.69. The van der Waals surface area contributed by atoms with Crippen LogP contribution in [0.4, 0.5) is 0 Å². The number of aromatic nitrogens is 1. The zero-order valence-corrected chi connectivity index (χ0v) is 15.0. The summed E-state index contributed by atoms with van der Waals surface area (Å²) in [5, 5.41) is 10.9. The number of methoxy groups -OCH3 is 1. The Balaban J connectivity index is 1.92. The molecule has 2 atom stereocenters. The molecule has 1 N–H and O–H groups in total. The minimum Gasteiger partial charge on any atom is -0.496 e. The maximum Gasteiger partial charge on any atom is 0.231 e. The van der Waals surface area contributed by atoms with Gasteiger partial charge in [-0.3, -0.25) is 14.2 Å². The van der Waals surface area contributed by atoms with Crippen LogP contribution in [0.2, 0.25) is 0 Å². The number of para-hydroxylation sites is 1. The SMILES string of the molecule is COc1ccccc1C(=O)[C@H](O)[C@H](CC(=O)n1cccc1)c1ccccc1. The highest BCUT2D eigenvalue weighted by atomic mass is 16.5. The fourth-order valence-electron chi connectivity index (χ4n) is 3.10. The molecule has 0 amide bonds. The van der Waals surface area contributed by atoms with Crippen molar-refractivity contribution >= 4 is 11.7 Å². The molecule has 0 aliphatic rings. The lowest BCUT2D eigenvalue weighted by Gasteiger charge is -2.23. The van der Waals surface area contributed by atoms with E-state index in [2.05, 4.69) is 0 Å². The molecule has 0 saturated carbocycles. The summed E-state index contributed by atoms with van der Waals surface area (Å²) in [5.74, 6) is -0.939. The lowest BCUT2D eigenvalue weighted by molar-refractivity contribution is 0.0650. The Morgan fingerprint density at radius 3 is 2.26 bits per heavy atom. The molecule has 3 aromatic rings. The van der Waals surface area contributed by atoms with Gasteiger partial charge in [-0.15, -0.1) is 0 Å². The molecule has 2 aromatic carbocycles. The summed E-state index contributed by atoms with van der Waals surface area (Å²) in [5.41, 5.74) is 1.02. The van der Waals surface area contributed by atoms with Crippen molar-refractivity contribution < 1.29 is 19.4 Å². The molecule has 0 saturated heterocycles. The zero-order valence-electron chi connectivity index (χ0n) is 15.0. The molecule has 138 valence electrons. The second kappa shape index (κ2) is 8.47. The predicted octanol–water partition coefficient (Wildman–Crippen LogP) is 3.55. The Kier molecular flexibility index (Phi) is 5.84. The van der Waals surface area contributed by atoms with Gasteiger partial charge in [0.05, 0.1) is 12.7 Å². The highest BCUT2D eigenvalue weighted by molar-refractivity contribution is 6.02. The Bertz CT molecular complexity index is 903. The van der Waals surface area contributed by atoms with Crippen LogP contribution >= 0.6 is 0 Å². The van der Waals surface area contributed by atoms with Crippen molar-refractivity contribution in [3.63, 3.8) is 0 Å². The van der Waals surface area contributed by atoms with Gasteiger partial charge in [0.25, 0.3) is 0 Å². The summed E-state index contributed by atoms with van der Waals surface area (Å²) in [6.07, 6.45) is 1.93. The van der Waals surface area contributed by atoms with Crippen LogP contribution in [0.1, 0.15) is 33.1 Å². The molecule has 0 fully saturated rings. The number of Topliss-reactive ketones (excluding diaryl/α,β-unsaturated/α-hetero) is 1. The normalized spacial score (nSPS) is 13.0. The van der Waals surface area contributed by atoms with Crippen molar-refractivity contribution in [2.45, 2.75) is 18.4 Å². The molecule has 5 heteroatoms. The van der Waals surface area contributed by atoms with Gasteiger partial charge in [-0.25, -0.2) is 0 Å². The predicted molar refractivity (Wildman–Crippen MR) is 102 cm³/mol. The molecule has 0 aliphatic carbocycles. The molecule has 0 radical (unpaired) electrons. The Hall–Kier alpha value is -3.18. The van der Waals surface area contributed by atoms with Crippen molar-refractivity contribution in [2.24, 2.45) is 0 Å². The highest BCUT2D eigenvalue weighted by Gasteiger charge is 2.31. The van der Waals surface area contributed by atoms with Crippen molar-refractivity contribution in [1.82, 2.24) is 4.57 Å². The summed E-state index contributed by atoms with van der Waals surface area (Å²) >= 11 is 0. The van der Waals surface area contributed by atoms with Crippen molar-refractivity contribution in [3.8, 4) is 5.75 Å². The number of benzene rings is 2. The molecule has 0 unspecified atom stereocenters. The highest BCUT2D eigenvalue weighted by Crippen LogP contribution is 2.29. The number of carbonyl (C=O) groups excluding carboxylic acids is 2. The first-order valence-electron chi connectivity index (χ1n) is 8.68. The minimum absolute atomic E-state index is 0.000743. The van der Waals surface area contributed by atoms with E-state index >= 15 is 0 Å². The van der Waals surface area contributed by atoms with E-state index in [0.29, 0.717) is 11.3 Å². The molecule has 3 rings (SSSR count). The summed E-state index contributed by atoms with van der Waals surface area (Å²) in [7, 11) is 1.47. The quantitative estimate of drug-likeness (QED) is 0.652. The average molecular weight is 363 g/mol. The van der Waals surface area contributed by atoms with Crippen molar-refractivity contribution in [3.05, 3.63) is 90.3 Å². The van der Waals surface area contributed by atoms with E-state index in [9.17, 15) is 14.7 Å². The van der Waals surface area contributed by atoms with E-state index in [0.717, 1.165) is 5.56 Å². The van der Waals surface area contributed by atoms with Gasteiger partial charge in [0.15, 0.2) is 5.78 Å². The van der Waals surface area contributed by atoms with Crippen LogP contribution in [0, 0.1) is 0 Å². The smallest absolute Gasteiger partial charge is 0.231 e. The maximum absolute atomic E-state index is 13.0. The third kappa shape index (κ3) is 4.15. The first-order valence-corrected chi connectivity index (χ1v) is 8.68. The Labute approximate surface area is 157 Å². The van der Waals surface area contributed by atoms with Crippen LogP contribution < -0.4 is 4.74 Å². The Morgan fingerprint density at radius 1 is 0.963 bits per heavy atom. The first kappa shape index (κ1) is 18.6. The van der Waals surface area contributed by atoms with E-state index in [4.69, 9.17) is 4.74 Å². The molecule has 0 aliphatic heterocycles. The summed E-state index contributed by atoms with van der Waals surface area (Å²) in [6, 6.07) is 19.4. The van der Waals surface area contributed by atoms with E-state index in [1.165, 1.54) is 11.7 Å². The Morgan fingerprint density at radius 2 is 1.59 bits per heavy atom. The largest absolute Gasteiger partial charge is 0.496 e. The fraction of sp³-hybridized carbons (Fsp3) is 0.182. The fourth-order valence-corrected chi connectivity index (χ4v) is 3.10. The van der Waals surface area contributed by atoms with Crippen LogP contribution in [0.3, 0.4) is 0 Å². The number of hydrogen-bond donors (Lipinski definition) is 1. The van der Waals surface area contributed by atoms with Crippen LogP contribution in [0.5, 0.6) is 5.75 Å². The van der Waals surface area contributed by atoms with Crippen LogP contribution in [-0.2, 0) is 0 Å². The van der Waals surface area contributed by atoms with Crippen LogP contribution in [0.25, 0.3) is 0 Å². The lowest BCUT2D eigenvalue weighted by Crippen LogP contribution is -2.31. The molecule has 1 heterocycles. The topological polar surface area (TPSA) is 68.5 Å². The van der Waals surface area contributed by atoms with Crippen LogP contribution in [-0.4, -0.2) is 34.6 Å². The van der Waals surface area contributed by atoms with Gasteiger partial charge in [0.1, 0.15) is 11.9 Å². The number of carbonyl (C=O) groups is 2. The molecule has 0 bridgehead atoms. The van der Waals surface area contributed by atoms with E-state index in [1.54, 1.807) is 48.8 Å². The van der Waals surface area contributed by atoms with E-state index < -0.39 is 17.8 Å². The van der Waals surface area contributed by atoms with Crippen LogP contribution in [0.15, 0.2) is 79.1 Å². The number of ether oxygens (including phenoxy) is 1. The van der Waals surface area contributed by atoms with Gasteiger partial charge in [0.2, 0.25) is 5.91 Å². The van der Waals surface area contributed by atoms with Gasteiger partial charge < -0.3 is 9.84 Å². The lowest BCUT2D eigenvalue weighted by atomic mass is 9.86. The molecular formula is C22H21NO4. The molecular weight excluding hydrogens is 342 g/mol. The third-order valence-corrected chi connectivity index (χ3v) is 4.54. The second-order valence-corrected chi connectivity index (χ2v) is 6.21. The van der Waals surface area contributed by atoms with E-state index in [-0.39, 0.29) is 12.3 Å². The maximum atomic E-state index is 13.0. The van der Waals surface area contributed by atoms with Crippen molar-refractivity contribution in [2.75, 3.05) is 7.11 Å². The zero-order chi connectivity index (χ0) is 19.2. The molecule has 27 heavy (non-hydrogen) atoms.